The molecule has 0 unspecified atom stereocenters. The molecule has 25 nitrogen and oxygen atoms in total. The van der Waals surface area contributed by atoms with Crippen molar-refractivity contribution >= 4 is 271 Å². The first-order chi connectivity index (χ1) is 15.7. The molecule has 0 aromatic rings. The van der Waals surface area contributed by atoms with E-state index in [-0.39, 0.29) is 148 Å². The average Bonchev–Trinajstić information content (AvgIpc) is 2.55. The summed E-state index contributed by atoms with van der Waals surface area (Å²) < 4.78 is 127. The van der Waals surface area contributed by atoms with Gasteiger partial charge in [0.25, 0.3) is 0 Å². The summed E-state index contributed by atoms with van der Waals surface area (Å²) in [5, 5.41) is 0. The molecule has 206 valence electrons. The zero-order valence-electron chi connectivity index (χ0n) is 19.1. The summed E-state index contributed by atoms with van der Waals surface area (Å²) in [5.41, 5.74) is 0. The Morgan fingerprint density at radius 2 is 0.293 bits per heavy atom. The zero-order valence-corrected chi connectivity index (χ0v) is 44.5. The summed E-state index contributed by atoms with van der Waals surface area (Å²) in [4.78, 5) is 85.2. The van der Waals surface area contributed by atoms with Gasteiger partial charge in [-0.15, -0.1) is 0 Å². The summed E-state index contributed by atoms with van der Waals surface area (Å²) in [6.07, 6.45) is 0. The summed E-state index contributed by atoms with van der Waals surface area (Å²) in [6, 6.07) is 0. The molecule has 0 atom stereocenters. The Labute approximate surface area is 374 Å². The molecule has 6 radical (unpaired) electrons. The van der Waals surface area contributed by atoms with Crippen molar-refractivity contribution in [1.82, 2.24) is 0 Å². The molecule has 0 aromatic heterocycles. The molecule has 41 heavy (non-hydrogen) atoms. The number of hydrogen-bond donors (Lipinski definition) is 0. The van der Waals surface area contributed by atoms with E-state index in [1.807, 2.05) is 0 Å². The van der Waals surface area contributed by atoms with Crippen molar-refractivity contribution in [3.05, 3.63) is 0 Å². The van der Waals surface area contributed by atoms with Gasteiger partial charge in [0.1, 0.15) is 0 Å². The molecule has 0 aliphatic rings. The van der Waals surface area contributed by atoms with Crippen LogP contribution < -0.4 is 68.7 Å². The predicted molar refractivity (Wildman–Crippen MR) is 98.9 cm³/mol. The van der Waals surface area contributed by atoms with E-state index in [2.05, 4.69) is 0 Å². The van der Waals surface area contributed by atoms with Gasteiger partial charge in [-0.25, -0.2) is 0 Å². The standard InChI is InChI=1S/5Al.3Bi.3Mg.5O3Si.10O/c;;;;;;;;;;;5*1-4(2)3;;;;;;;;;;/q;;;;;3*+3;3*+2;5*-2;;;;;;5*-1. The second-order valence-electron chi connectivity index (χ2n) is 1.73. The van der Waals surface area contributed by atoms with Gasteiger partial charge >= 0.3 is 265 Å². The van der Waals surface area contributed by atoms with Crippen molar-refractivity contribution in [1.29, 1.82) is 0 Å². The maximum absolute atomic E-state index is 8.52. The van der Waals surface area contributed by atoms with E-state index >= 15 is 0 Å². The van der Waals surface area contributed by atoms with Gasteiger partial charge in [0.15, 0.2) is 0 Å². The molecule has 0 bridgehead atoms. The van der Waals surface area contributed by atoms with Crippen molar-refractivity contribution in [2.45, 2.75) is 0 Å². The van der Waals surface area contributed by atoms with Crippen LogP contribution in [0.4, 0.5) is 0 Å². The van der Waals surface area contributed by atoms with Gasteiger partial charge in [-0.1, -0.05) is 0 Å². The Morgan fingerprint density at radius 3 is 0.293 bits per heavy atom. The van der Waals surface area contributed by atoms with E-state index in [0.29, 0.717) is 0 Å². The Hall–Kier alpha value is 3.69. The van der Waals surface area contributed by atoms with Gasteiger partial charge in [0.2, 0.25) is 0 Å². The van der Waals surface area contributed by atoms with Crippen molar-refractivity contribution in [3.63, 3.8) is 0 Å². The number of hydrogen-bond acceptors (Lipinski definition) is 25. The molecule has 0 rings (SSSR count). The molecular formula is Al5Bi3Mg3O25Si5. The third-order valence-corrected chi connectivity index (χ3v) is 0. The SMILES string of the molecule is O=[Si]([O-])[O-].O=[Si]([O-])[O-].O=[Si]([O-])[O-].O=[Si]([O-])[O-].O=[Si]([O-])[O-].[Bi+3].[Bi+3].[Bi+3].[Mg+2].[Mg+2].[Mg+2].[O]=[Al][O-].[O]=[Al][O-].[O]=[Al][O-].[O]=[Al][O-].[O]=[Al][O-]. The number of rotatable bonds is 0. The van der Waals surface area contributed by atoms with E-state index in [4.69, 9.17) is 110 Å². The van der Waals surface area contributed by atoms with Gasteiger partial charge in [0, 0.05) is 45.9 Å². The molecule has 0 N–H and O–H groups in total. The topological polar surface area (TPSA) is 517 Å². The van der Waals surface area contributed by atoms with E-state index in [0.717, 1.165) is 0 Å². The predicted octanol–water partition coefficient (Wildman–Crippen LogP) is -25.1. The van der Waals surface area contributed by atoms with Gasteiger partial charge in [-0.2, -0.15) is 0 Å². The van der Waals surface area contributed by atoms with Gasteiger partial charge in [0.05, 0.1) is 0 Å². The Balaban J connectivity index is -0.0000000119. The first kappa shape index (κ1) is 104. The van der Waals surface area contributed by atoms with Crippen molar-refractivity contribution in [2.24, 2.45) is 0 Å². The fourth-order valence-electron chi connectivity index (χ4n) is 0. The first-order valence-electron chi connectivity index (χ1n) is 5.42. The van der Waals surface area contributed by atoms with Crippen LogP contribution in [0.15, 0.2) is 0 Å². The van der Waals surface area contributed by atoms with Crippen LogP contribution in [0.2, 0.25) is 0 Å². The average molecular weight is 1380 g/mol. The van der Waals surface area contributed by atoms with Gasteiger partial charge in [-0.3, -0.25) is 0 Å². The van der Waals surface area contributed by atoms with Crippen LogP contribution in [0, 0.1) is 0 Å². The van der Waals surface area contributed by atoms with E-state index in [9.17, 15) is 0 Å². The third kappa shape index (κ3) is 5560. The fourth-order valence-corrected chi connectivity index (χ4v) is 0. The van der Waals surface area contributed by atoms with E-state index in [1.165, 1.54) is 0 Å². The fraction of sp³-hybridized carbons (Fsp3) is 0. The Bertz CT molecular complexity index is 411. The van der Waals surface area contributed by atoms with Crippen LogP contribution in [-0.2, 0) is 41.3 Å². The third-order valence-electron chi connectivity index (χ3n) is 0. The van der Waals surface area contributed by atoms with Crippen molar-refractivity contribution < 1.29 is 110 Å². The molecule has 0 aliphatic carbocycles. The van der Waals surface area contributed by atoms with Crippen LogP contribution in [0.5, 0.6) is 0 Å². The van der Waals surface area contributed by atoms with E-state index in [1.54, 1.807) is 0 Å². The summed E-state index contributed by atoms with van der Waals surface area (Å²) in [7, 11) is -18.1. The van der Waals surface area contributed by atoms with Crippen molar-refractivity contribution in [2.75, 3.05) is 0 Å². The molecule has 0 saturated heterocycles. The van der Waals surface area contributed by atoms with Gasteiger partial charge < -0.3 is 70.3 Å². The normalized spacial score (nSPS) is 3.90. The molecule has 0 amide bonds. The first-order valence-corrected chi connectivity index (χ1v) is 16.3. The molecular weight excluding hydrogens is 1380 g/mol. The second-order valence-corrected chi connectivity index (χ2v) is 5.19. The molecule has 0 heterocycles. The zero-order chi connectivity index (χ0) is 31.4. The van der Waals surface area contributed by atoms with Crippen LogP contribution in [0.3, 0.4) is 0 Å². The molecule has 0 saturated carbocycles. The molecule has 41 heteroatoms. The minimum absolute atomic E-state index is 0. The molecule has 0 fully saturated rings. The maximum atomic E-state index is 8.52. The van der Waals surface area contributed by atoms with Crippen LogP contribution in [0.25, 0.3) is 0 Å². The van der Waals surface area contributed by atoms with Gasteiger partial charge in [-0.05, 0) is 0 Å². The van der Waals surface area contributed by atoms with Crippen LogP contribution >= 0.6 is 0 Å². The summed E-state index contributed by atoms with van der Waals surface area (Å²) >= 11 is -8.75. The minimum atomic E-state index is -3.63. The van der Waals surface area contributed by atoms with Crippen LogP contribution in [-0.4, -0.2) is 271 Å². The molecule has 0 aliphatic heterocycles. The second kappa shape index (κ2) is 142. The van der Waals surface area contributed by atoms with Crippen LogP contribution in [0.1, 0.15) is 0 Å². The monoisotopic (exact) mass is 1370 g/mol. The molecule has 0 spiro atoms. The molecule has 0 aromatic carbocycles. The van der Waals surface area contributed by atoms with E-state index < -0.39 is 123 Å². The van der Waals surface area contributed by atoms with Crippen molar-refractivity contribution in [3.8, 4) is 0 Å². The quantitative estimate of drug-likeness (QED) is 0.203. The Morgan fingerprint density at radius 1 is 0.293 bits per heavy atom. The summed E-state index contributed by atoms with van der Waals surface area (Å²) in [5.74, 6) is 0. The summed E-state index contributed by atoms with van der Waals surface area (Å²) in [6.45, 7) is 0. The Kier molecular flexibility index (Phi) is 359.